The Kier molecular flexibility index (Phi) is 5.89. The van der Waals surface area contributed by atoms with Gasteiger partial charge in [0, 0.05) is 5.57 Å². The minimum Gasteiger partial charge on any atom is -0.457 e. The second kappa shape index (κ2) is 6.15. The van der Waals surface area contributed by atoms with Crippen LogP contribution in [0.5, 0.6) is 0 Å². The van der Waals surface area contributed by atoms with Crippen LogP contribution in [-0.4, -0.2) is 28.0 Å². The van der Waals surface area contributed by atoms with Gasteiger partial charge in [0.05, 0.1) is 0 Å². The third-order valence-electron chi connectivity index (χ3n) is 1.84. The van der Waals surface area contributed by atoms with Gasteiger partial charge in [-0.1, -0.05) is 13.5 Å². The van der Waals surface area contributed by atoms with Crippen molar-refractivity contribution in [3.63, 3.8) is 0 Å². The summed E-state index contributed by atoms with van der Waals surface area (Å²) in [5.41, 5.74) is 0.220. The number of carbonyl (C=O) groups is 1. The monoisotopic (exact) mass is 252 g/mol. The molecule has 2 N–H and O–H groups in total. The molecule has 0 saturated heterocycles. The van der Waals surface area contributed by atoms with Crippen LogP contribution in [0.2, 0.25) is 0 Å². The fraction of sp³-hybridized carbons (Fsp3) is 0.667. The molecule has 0 aromatic rings. The van der Waals surface area contributed by atoms with E-state index in [9.17, 15) is 9.36 Å². The average Bonchev–Trinajstić information content (AvgIpc) is 2.12. The second-order valence-corrected chi connectivity index (χ2v) is 4.63. The first-order valence-corrected chi connectivity index (χ1v) is 6.30. The Morgan fingerprint density at radius 3 is 2.31 bits per heavy atom. The molecule has 94 valence electrons. The van der Waals surface area contributed by atoms with Gasteiger partial charge < -0.3 is 14.5 Å². The van der Waals surface area contributed by atoms with E-state index < -0.39 is 26.0 Å². The molecule has 16 heavy (non-hydrogen) atoms. The van der Waals surface area contributed by atoms with E-state index in [1.165, 1.54) is 13.8 Å². The van der Waals surface area contributed by atoms with E-state index in [0.717, 1.165) is 0 Å². The van der Waals surface area contributed by atoms with Gasteiger partial charge in [0.1, 0.15) is 12.2 Å². The van der Waals surface area contributed by atoms with Crippen molar-refractivity contribution in [2.24, 2.45) is 0 Å². The first-order valence-electron chi connectivity index (χ1n) is 4.77. The van der Waals surface area contributed by atoms with Crippen molar-refractivity contribution in [2.45, 2.75) is 39.4 Å². The van der Waals surface area contributed by atoms with Gasteiger partial charge in [-0.2, -0.15) is 0 Å². The predicted molar refractivity (Wildman–Crippen MR) is 57.6 cm³/mol. The molecule has 0 amide bonds. The molecule has 0 saturated carbocycles. The maximum atomic E-state index is 11.2. The van der Waals surface area contributed by atoms with E-state index >= 15 is 0 Å². The highest BCUT2D eigenvalue weighted by Gasteiger charge is 2.27. The third-order valence-corrected chi connectivity index (χ3v) is 2.39. The first kappa shape index (κ1) is 15.3. The number of phosphoric acid groups is 1. The van der Waals surface area contributed by atoms with Gasteiger partial charge in [-0.3, -0.25) is 4.52 Å². The maximum Gasteiger partial charge on any atom is 0.469 e. The zero-order valence-electron chi connectivity index (χ0n) is 9.54. The molecule has 0 aromatic heterocycles. The van der Waals surface area contributed by atoms with E-state index in [1.54, 1.807) is 6.92 Å². The van der Waals surface area contributed by atoms with Crippen molar-refractivity contribution in [1.82, 2.24) is 0 Å². The smallest absolute Gasteiger partial charge is 0.457 e. The van der Waals surface area contributed by atoms with Crippen LogP contribution in [0.25, 0.3) is 0 Å². The number of ether oxygens (including phenoxy) is 1. The Morgan fingerprint density at radius 1 is 1.50 bits per heavy atom. The van der Waals surface area contributed by atoms with Crippen molar-refractivity contribution >= 4 is 13.8 Å². The minimum atomic E-state index is -4.57. The van der Waals surface area contributed by atoms with Crippen LogP contribution in [0.4, 0.5) is 0 Å². The molecule has 0 radical (unpaired) electrons. The molecule has 0 heterocycles. The van der Waals surface area contributed by atoms with E-state index in [1.807, 2.05) is 0 Å². The Bertz CT molecular complexity index is 307. The Hall–Kier alpha value is -0.680. The Morgan fingerprint density at radius 2 is 2.00 bits per heavy atom. The summed E-state index contributed by atoms with van der Waals surface area (Å²) in [6.07, 6.45) is -1.28. The van der Waals surface area contributed by atoms with Gasteiger partial charge in [-0.25, -0.2) is 9.36 Å². The lowest BCUT2D eigenvalue weighted by Crippen LogP contribution is -2.30. The van der Waals surface area contributed by atoms with Crippen molar-refractivity contribution in [3.05, 3.63) is 12.2 Å². The molecule has 0 bridgehead atoms. The number of phosphoric ester groups is 1. The molecule has 0 fully saturated rings. The lowest BCUT2D eigenvalue weighted by Gasteiger charge is -2.23. The third kappa shape index (κ3) is 6.02. The number of rotatable bonds is 6. The molecular formula is C9H17O6P. The van der Waals surface area contributed by atoms with E-state index in [2.05, 4.69) is 11.1 Å². The molecule has 2 atom stereocenters. The molecule has 0 aromatic carbocycles. The molecule has 7 heteroatoms. The van der Waals surface area contributed by atoms with Crippen molar-refractivity contribution < 1.29 is 28.4 Å². The van der Waals surface area contributed by atoms with Gasteiger partial charge in [0.2, 0.25) is 0 Å². The van der Waals surface area contributed by atoms with E-state index in [0.29, 0.717) is 6.42 Å². The van der Waals surface area contributed by atoms with Gasteiger partial charge in [-0.05, 0) is 20.3 Å². The molecule has 0 aliphatic carbocycles. The fourth-order valence-corrected chi connectivity index (χ4v) is 1.69. The summed E-state index contributed by atoms with van der Waals surface area (Å²) in [4.78, 5) is 28.5. The normalized spacial score (nSPS) is 15.3. The fourth-order valence-electron chi connectivity index (χ4n) is 1.01. The van der Waals surface area contributed by atoms with Gasteiger partial charge >= 0.3 is 13.8 Å². The zero-order chi connectivity index (χ0) is 12.9. The average molecular weight is 252 g/mol. The van der Waals surface area contributed by atoms with Crippen LogP contribution in [0, 0.1) is 0 Å². The van der Waals surface area contributed by atoms with Crippen molar-refractivity contribution in [1.29, 1.82) is 0 Å². The Balaban J connectivity index is 4.43. The van der Waals surface area contributed by atoms with Crippen LogP contribution >= 0.6 is 7.82 Å². The lowest BCUT2D eigenvalue weighted by molar-refractivity contribution is -0.148. The topological polar surface area (TPSA) is 93.1 Å². The summed E-state index contributed by atoms with van der Waals surface area (Å²) in [7, 11) is -4.57. The molecule has 6 nitrogen and oxygen atoms in total. The summed E-state index contributed by atoms with van der Waals surface area (Å²) < 4.78 is 20.0. The number of hydrogen-bond acceptors (Lipinski definition) is 4. The molecular weight excluding hydrogens is 235 g/mol. The summed E-state index contributed by atoms with van der Waals surface area (Å²) in [5.74, 6) is -0.611. The van der Waals surface area contributed by atoms with Crippen molar-refractivity contribution in [2.75, 3.05) is 0 Å². The zero-order valence-corrected chi connectivity index (χ0v) is 10.4. The van der Waals surface area contributed by atoms with Crippen LogP contribution in [0.3, 0.4) is 0 Å². The summed E-state index contributed by atoms with van der Waals surface area (Å²) in [6, 6.07) is 0. The van der Waals surface area contributed by atoms with E-state index in [-0.39, 0.29) is 5.57 Å². The SMILES string of the molecule is C=C(C)C(=O)OC(C)C(CC)OP(=O)(O)O. The largest absolute Gasteiger partial charge is 0.469 e. The molecule has 0 rings (SSSR count). The summed E-state index contributed by atoms with van der Waals surface area (Å²) in [5, 5.41) is 0. The van der Waals surface area contributed by atoms with Crippen LogP contribution < -0.4 is 0 Å². The lowest BCUT2D eigenvalue weighted by atomic mass is 10.2. The second-order valence-electron chi connectivity index (χ2n) is 3.43. The Labute approximate surface area is 94.5 Å². The highest BCUT2D eigenvalue weighted by atomic mass is 31.2. The van der Waals surface area contributed by atoms with Crippen molar-refractivity contribution in [3.8, 4) is 0 Å². The minimum absolute atomic E-state index is 0.220. The van der Waals surface area contributed by atoms with Crippen LogP contribution in [-0.2, 0) is 18.6 Å². The number of esters is 1. The van der Waals surface area contributed by atoms with Gasteiger partial charge in [-0.15, -0.1) is 0 Å². The number of hydrogen-bond donors (Lipinski definition) is 2. The molecule has 0 aliphatic heterocycles. The summed E-state index contributed by atoms with van der Waals surface area (Å²) in [6.45, 7) is 8.06. The highest BCUT2D eigenvalue weighted by molar-refractivity contribution is 7.46. The van der Waals surface area contributed by atoms with Crippen LogP contribution in [0.1, 0.15) is 27.2 Å². The molecule has 2 unspecified atom stereocenters. The quantitative estimate of drug-likeness (QED) is 0.421. The maximum absolute atomic E-state index is 11.2. The van der Waals surface area contributed by atoms with Crippen LogP contribution in [0.15, 0.2) is 12.2 Å². The summed E-state index contributed by atoms with van der Waals surface area (Å²) >= 11 is 0. The highest BCUT2D eigenvalue weighted by Crippen LogP contribution is 2.39. The molecule has 0 spiro atoms. The first-order chi connectivity index (χ1) is 7.17. The predicted octanol–water partition coefficient (Wildman–Crippen LogP) is 1.38. The van der Waals surface area contributed by atoms with Gasteiger partial charge in [0.15, 0.2) is 0 Å². The van der Waals surface area contributed by atoms with Gasteiger partial charge in [0.25, 0.3) is 0 Å². The molecule has 0 aliphatic rings. The number of carbonyl (C=O) groups excluding carboxylic acids is 1. The standard InChI is InChI=1S/C9H17O6P/c1-5-8(15-16(11,12)13)7(4)14-9(10)6(2)3/h7-8H,2,5H2,1,3-4H3,(H2,11,12,13). The van der Waals surface area contributed by atoms with E-state index in [4.69, 9.17) is 14.5 Å².